The van der Waals surface area contributed by atoms with Crippen molar-refractivity contribution < 1.29 is 4.79 Å². The number of hydrogen-bond donors (Lipinski definition) is 1. The fourth-order valence-corrected chi connectivity index (χ4v) is 3.69. The maximum Gasteiger partial charge on any atom is 0.234 e. The summed E-state index contributed by atoms with van der Waals surface area (Å²) in [5.74, 6) is 0.0244. The SMILES string of the molecule is CC(NC(=O)CN(C)Cc1ccc(C#N)cc1)c1ccc2c(c1)CCCC2. The largest absolute Gasteiger partial charge is 0.348 e. The summed E-state index contributed by atoms with van der Waals surface area (Å²) in [6.45, 7) is 3.06. The van der Waals surface area contributed by atoms with E-state index in [0.717, 1.165) is 12.0 Å². The number of benzene rings is 2. The van der Waals surface area contributed by atoms with Gasteiger partial charge in [0.15, 0.2) is 0 Å². The lowest BCUT2D eigenvalue weighted by atomic mass is 9.89. The van der Waals surface area contributed by atoms with E-state index in [9.17, 15) is 4.79 Å². The van der Waals surface area contributed by atoms with E-state index in [1.807, 2.05) is 31.0 Å². The molecule has 0 bridgehead atoms. The van der Waals surface area contributed by atoms with Crippen LogP contribution >= 0.6 is 0 Å². The molecule has 2 aromatic rings. The van der Waals surface area contributed by atoms with Crippen molar-refractivity contribution in [2.75, 3.05) is 13.6 Å². The molecule has 1 atom stereocenters. The van der Waals surface area contributed by atoms with Crippen LogP contribution in [0.15, 0.2) is 42.5 Å². The Bertz CT molecular complexity index is 836. The molecule has 3 rings (SSSR count). The number of carbonyl (C=O) groups is 1. The summed E-state index contributed by atoms with van der Waals surface area (Å²) in [5.41, 5.74) is 5.83. The Hall–Kier alpha value is -2.64. The van der Waals surface area contributed by atoms with Crippen molar-refractivity contribution in [3.05, 3.63) is 70.3 Å². The molecule has 1 N–H and O–H groups in total. The zero-order valence-electron chi connectivity index (χ0n) is 16.2. The summed E-state index contributed by atoms with van der Waals surface area (Å²) in [5, 5.41) is 12.0. The molecule has 0 aliphatic heterocycles. The molecule has 0 fully saturated rings. The number of amides is 1. The fraction of sp³-hybridized carbons (Fsp3) is 0.391. The Morgan fingerprint density at radius 2 is 1.85 bits per heavy atom. The van der Waals surface area contributed by atoms with Gasteiger partial charge < -0.3 is 5.32 Å². The van der Waals surface area contributed by atoms with E-state index in [2.05, 4.69) is 29.6 Å². The number of aryl methyl sites for hydroxylation is 2. The van der Waals surface area contributed by atoms with Crippen LogP contribution < -0.4 is 5.32 Å². The summed E-state index contributed by atoms with van der Waals surface area (Å²) in [6, 6.07) is 16.2. The highest BCUT2D eigenvalue weighted by molar-refractivity contribution is 5.78. The number of nitrogens with one attached hydrogen (secondary N) is 1. The van der Waals surface area contributed by atoms with E-state index in [1.165, 1.54) is 36.0 Å². The monoisotopic (exact) mass is 361 g/mol. The van der Waals surface area contributed by atoms with Crippen LogP contribution in [0.4, 0.5) is 0 Å². The van der Waals surface area contributed by atoms with Crippen LogP contribution in [0.2, 0.25) is 0 Å². The number of likely N-dealkylation sites (N-methyl/N-ethyl adjacent to an activating group) is 1. The van der Waals surface area contributed by atoms with Gasteiger partial charge in [-0.05, 0) is 74.0 Å². The van der Waals surface area contributed by atoms with Gasteiger partial charge in [0.25, 0.3) is 0 Å². The first kappa shape index (κ1) is 19.1. The van der Waals surface area contributed by atoms with Crippen molar-refractivity contribution in [2.24, 2.45) is 0 Å². The highest BCUT2D eigenvalue weighted by Gasteiger charge is 2.15. The highest BCUT2D eigenvalue weighted by atomic mass is 16.2. The zero-order valence-corrected chi connectivity index (χ0v) is 16.2. The van der Waals surface area contributed by atoms with E-state index in [-0.39, 0.29) is 11.9 Å². The smallest absolute Gasteiger partial charge is 0.234 e. The van der Waals surface area contributed by atoms with Crippen LogP contribution in [0, 0.1) is 11.3 Å². The van der Waals surface area contributed by atoms with Crippen molar-refractivity contribution >= 4 is 5.91 Å². The minimum Gasteiger partial charge on any atom is -0.348 e. The predicted octanol–water partition coefficient (Wildman–Crippen LogP) is 3.75. The van der Waals surface area contributed by atoms with Crippen LogP contribution in [0.5, 0.6) is 0 Å². The predicted molar refractivity (Wildman–Crippen MR) is 107 cm³/mol. The number of rotatable bonds is 6. The average Bonchev–Trinajstić information content (AvgIpc) is 2.68. The second-order valence-corrected chi connectivity index (χ2v) is 7.51. The van der Waals surface area contributed by atoms with Crippen LogP contribution in [0.25, 0.3) is 0 Å². The van der Waals surface area contributed by atoms with Crippen LogP contribution in [0.1, 0.15) is 53.6 Å². The van der Waals surface area contributed by atoms with Gasteiger partial charge in [-0.15, -0.1) is 0 Å². The molecule has 0 spiro atoms. The van der Waals surface area contributed by atoms with E-state index in [0.29, 0.717) is 18.7 Å². The van der Waals surface area contributed by atoms with Crippen LogP contribution in [-0.4, -0.2) is 24.4 Å². The molecule has 0 heterocycles. The van der Waals surface area contributed by atoms with E-state index < -0.39 is 0 Å². The van der Waals surface area contributed by atoms with Gasteiger partial charge in [-0.2, -0.15) is 5.26 Å². The molecule has 140 valence electrons. The van der Waals surface area contributed by atoms with E-state index >= 15 is 0 Å². The lowest BCUT2D eigenvalue weighted by Gasteiger charge is -2.21. The summed E-state index contributed by atoms with van der Waals surface area (Å²) in [4.78, 5) is 14.4. The second-order valence-electron chi connectivity index (χ2n) is 7.51. The van der Waals surface area contributed by atoms with Gasteiger partial charge in [0.2, 0.25) is 5.91 Å². The van der Waals surface area contributed by atoms with Crippen molar-refractivity contribution in [1.29, 1.82) is 5.26 Å². The standard InChI is InChI=1S/C23H27N3O/c1-17(21-12-11-20-5-3-4-6-22(20)13-21)25-23(27)16-26(2)15-19-9-7-18(14-24)8-10-19/h7-13,17H,3-6,15-16H2,1-2H3,(H,25,27). The Morgan fingerprint density at radius 1 is 1.15 bits per heavy atom. The van der Waals surface area contributed by atoms with Gasteiger partial charge in [-0.1, -0.05) is 30.3 Å². The summed E-state index contributed by atoms with van der Waals surface area (Å²) in [7, 11) is 1.93. The molecule has 4 nitrogen and oxygen atoms in total. The fourth-order valence-electron chi connectivity index (χ4n) is 3.69. The Kier molecular flexibility index (Phi) is 6.26. The first-order valence-electron chi connectivity index (χ1n) is 9.64. The number of hydrogen-bond acceptors (Lipinski definition) is 3. The molecule has 27 heavy (non-hydrogen) atoms. The minimum atomic E-state index is 0.00744. The number of carbonyl (C=O) groups excluding carboxylic acids is 1. The van der Waals surface area contributed by atoms with Gasteiger partial charge in [-0.25, -0.2) is 0 Å². The molecule has 0 saturated carbocycles. The molecule has 1 amide bonds. The van der Waals surface area contributed by atoms with Crippen LogP contribution in [-0.2, 0) is 24.2 Å². The van der Waals surface area contributed by atoms with E-state index in [4.69, 9.17) is 5.26 Å². The molecular formula is C23H27N3O. The van der Waals surface area contributed by atoms with E-state index in [1.54, 1.807) is 12.1 Å². The van der Waals surface area contributed by atoms with Crippen molar-refractivity contribution in [3.63, 3.8) is 0 Å². The molecule has 4 heteroatoms. The Morgan fingerprint density at radius 3 is 2.56 bits per heavy atom. The molecule has 1 unspecified atom stereocenters. The molecule has 1 aliphatic rings. The molecule has 0 aromatic heterocycles. The minimum absolute atomic E-state index is 0.00744. The first-order valence-corrected chi connectivity index (χ1v) is 9.64. The summed E-state index contributed by atoms with van der Waals surface area (Å²) < 4.78 is 0. The highest BCUT2D eigenvalue weighted by Crippen LogP contribution is 2.24. The van der Waals surface area contributed by atoms with Gasteiger partial charge in [-0.3, -0.25) is 9.69 Å². The average molecular weight is 361 g/mol. The van der Waals surface area contributed by atoms with Gasteiger partial charge >= 0.3 is 0 Å². The lowest BCUT2D eigenvalue weighted by Crippen LogP contribution is -2.36. The van der Waals surface area contributed by atoms with Crippen LogP contribution in [0.3, 0.4) is 0 Å². The topological polar surface area (TPSA) is 56.1 Å². The molecular weight excluding hydrogens is 334 g/mol. The normalized spacial score (nSPS) is 14.3. The maximum atomic E-state index is 12.4. The number of nitriles is 1. The number of fused-ring (bicyclic) bond motifs is 1. The van der Waals surface area contributed by atoms with Gasteiger partial charge in [0, 0.05) is 6.54 Å². The van der Waals surface area contributed by atoms with Crippen molar-refractivity contribution in [2.45, 2.75) is 45.2 Å². The van der Waals surface area contributed by atoms with Crippen molar-refractivity contribution in [1.82, 2.24) is 10.2 Å². The van der Waals surface area contributed by atoms with Crippen molar-refractivity contribution in [3.8, 4) is 6.07 Å². The Labute approximate surface area is 161 Å². The molecule has 2 aromatic carbocycles. The zero-order chi connectivity index (χ0) is 19.2. The first-order chi connectivity index (χ1) is 13.0. The van der Waals surface area contributed by atoms with Gasteiger partial charge in [0.05, 0.1) is 24.2 Å². The summed E-state index contributed by atoms with van der Waals surface area (Å²) in [6.07, 6.45) is 4.87. The molecule has 1 aliphatic carbocycles. The van der Waals surface area contributed by atoms with Gasteiger partial charge in [0.1, 0.15) is 0 Å². The second kappa shape index (κ2) is 8.83. The maximum absolute atomic E-state index is 12.4. The number of nitrogens with zero attached hydrogens (tertiary/aromatic N) is 2. The summed E-state index contributed by atoms with van der Waals surface area (Å²) >= 11 is 0. The molecule has 0 saturated heterocycles. The third-order valence-electron chi connectivity index (χ3n) is 5.20. The molecule has 0 radical (unpaired) electrons. The third-order valence-corrected chi connectivity index (χ3v) is 5.20. The quantitative estimate of drug-likeness (QED) is 0.853. The Balaban J connectivity index is 1.52. The lowest BCUT2D eigenvalue weighted by molar-refractivity contribution is -0.122. The third kappa shape index (κ3) is 5.18.